The fraction of sp³-hybridized carbons (Fsp3) is 0.118. The van der Waals surface area contributed by atoms with E-state index in [0.29, 0.717) is 10.7 Å². The zero-order valence-corrected chi connectivity index (χ0v) is 15.0. The minimum atomic E-state index is -4.75. The fourth-order valence-electron chi connectivity index (χ4n) is 3.42. The van der Waals surface area contributed by atoms with Gasteiger partial charge in [-0.1, -0.05) is 29.8 Å². The Morgan fingerprint density at radius 3 is 2.55 bits per heavy atom. The molecule has 0 fully saturated rings. The van der Waals surface area contributed by atoms with Crippen molar-refractivity contribution in [1.29, 1.82) is 0 Å². The van der Waals surface area contributed by atoms with Gasteiger partial charge in [-0.15, -0.1) is 0 Å². The number of hydrogen-bond acceptors (Lipinski definition) is 6. The number of para-hydroxylation sites is 1. The van der Waals surface area contributed by atoms with Crippen LogP contribution in [0.2, 0.25) is 5.02 Å². The summed E-state index contributed by atoms with van der Waals surface area (Å²) in [6.45, 7) is 0. The first kappa shape index (κ1) is 19.0. The molecule has 2 aromatic rings. The quantitative estimate of drug-likeness (QED) is 0.444. The van der Waals surface area contributed by atoms with E-state index in [-0.39, 0.29) is 11.4 Å². The van der Waals surface area contributed by atoms with Crippen LogP contribution in [0.1, 0.15) is 11.1 Å². The van der Waals surface area contributed by atoms with Crippen LogP contribution in [0, 0.1) is 10.1 Å². The second-order valence-corrected chi connectivity index (χ2v) is 6.73. The molecule has 150 valence electrons. The molecular weight excluding hydrogens is 415 g/mol. The van der Waals surface area contributed by atoms with Crippen molar-refractivity contribution < 1.29 is 22.9 Å². The highest BCUT2D eigenvalue weighted by molar-refractivity contribution is 6.30. The molecule has 2 heterocycles. The van der Waals surface area contributed by atoms with Crippen molar-refractivity contribution in [1.82, 2.24) is 10.9 Å². The number of fused-ring (bicyclic) bond motifs is 2. The van der Waals surface area contributed by atoms with Gasteiger partial charge in [0.25, 0.3) is 5.91 Å². The van der Waals surface area contributed by atoms with Gasteiger partial charge in [-0.05, 0) is 24.3 Å². The molecule has 0 aromatic heterocycles. The van der Waals surface area contributed by atoms with Gasteiger partial charge in [0.05, 0.1) is 16.2 Å². The van der Waals surface area contributed by atoms with Crippen LogP contribution in [0.15, 0.2) is 54.0 Å². The summed E-state index contributed by atoms with van der Waals surface area (Å²) in [7, 11) is 0. The number of nitro groups is 1. The van der Waals surface area contributed by atoms with Gasteiger partial charge in [0.2, 0.25) is 5.54 Å². The lowest BCUT2D eigenvalue weighted by Crippen LogP contribution is -2.50. The maximum absolute atomic E-state index is 13.3. The van der Waals surface area contributed by atoms with Crippen LogP contribution >= 0.6 is 11.6 Å². The van der Waals surface area contributed by atoms with Gasteiger partial charge < -0.3 is 10.6 Å². The van der Waals surface area contributed by atoms with Crippen LogP contribution in [0.4, 0.5) is 24.5 Å². The molecule has 2 aromatic carbocycles. The van der Waals surface area contributed by atoms with Crippen LogP contribution in [-0.4, -0.2) is 10.8 Å². The maximum Gasteiger partial charge on any atom is 0.418 e. The van der Waals surface area contributed by atoms with E-state index < -0.39 is 39.5 Å². The predicted molar refractivity (Wildman–Crippen MR) is 97.1 cm³/mol. The van der Waals surface area contributed by atoms with E-state index in [1.54, 1.807) is 18.2 Å². The summed E-state index contributed by atoms with van der Waals surface area (Å²) in [5.74, 6) is -1.20. The minimum absolute atomic E-state index is 0.197. The van der Waals surface area contributed by atoms with E-state index in [1.807, 2.05) is 0 Å². The zero-order valence-electron chi connectivity index (χ0n) is 14.2. The van der Waals surface area contributed by atoms with Gasteiger partial charge in [-0.25, -0.2) is 5.43 Å². The number of nitrogens with zero attached hydrogens (tertiary/aromatic N) is 1. The molecule has 29 heavy (non-hydrogen) atoms. The SMILES string of the molecule is O=C1Nc2c(C(F)(F)F)cccc2C12NNC(Nc1cccc(Cl)c1)=C2[N+](=O)[O-]. The molecule has 1 unspecified atom stereocenters. The average molecular weight is 426 g/mol. The van der Waals surface area contributed by atoms with Crippen molar-refractivity contribution in [3.8, 4) is 0 Å². The highest BCUT2D eigenvalue weighted by Crippen LogP contribution is 2.48. The molecule has 1 atom stereocenters. The Morgan fingerprint density at radius 1 is 1.17 bits per heavy atom. The van der Waals surface area contributed by atoms with Crippen LogP contribution < -0.4 is 21.5 Å². The molecule has 0 aliphatic carbocycles. The summed E-state index contributed by atoms with van der Waals surface area (Å²) in [5.41, 5.74) is 0.723. The number of anilines is 2. The standard InChI is InChI=1S/C17H11ClF3N5O3/c18-8-3-1-4-9(7-8)22-14-13(26(28)29)16(25-24-14)10-5-2-6-11(17(19,20)21)12(10)23-15(16)27/h1-7,22,24-25H,(H,23,27). The highest BCUT2D eigenvalue weighted by Gasteiger charge is 2.62. The Morgan fingerprint density at radius 2 is 1.90 bits per heavy atom. The van der Waals surface area contributed by atoms with Crippen molar-refractivity contribution in [2.24, 2.45) is 0 Å². The topological polar surface area (TPSA) is 108 Å². The highest BCUT2D eigenvalue weighted by atomic mass is 35.5. The first-order valence-corrected chi connectivity index (χ1v) is 8.49. The first-order valence-electron chi connectivity index (χ1n) is 8.11. The molecule has 4 N–H and O–H groups in total. The minimum Gasteiger partial charge on any atom is -0.335 e. The van der Waals surface area contributed by atoms with E-state index in [9.17, 15) is 28.1 Å². The summed E-state index contributed by atoms with van der Waals surface area (Å²) < 4.78 is 40.0. The number of hydrazine groups is 1. The van der Waals surface area contributed by atoms with E-state index in [0.717, 1.165) is 12.1 Å². The van der Waals surface area contributed by atoms with Gasteiger partial charge in [0, 0.05) is 16.3 Å². The third kappa shape index (κ3) is 2.86. The molecule has 0 saturated heterocycles. The number of carbonyl (C=O) groups excluding carboxylic acids is 1. The molecule has 12 heteroatoms. The number of benzene rings is 2. The van der Waals surface area contributed by atoms with Gasteiger partial charge in [-0.2, -0.15) is 13.2 Å². The summed E-state index contributed by atoms with van der Waals surface area (Å²) in [5, 5.41) is 17.1. The van der Waals surface area contributed by atoms with E-state index in [2.05, 4.69) is 21.5 Å². The second kappa shape index (κ2) is 6.36. The molecule has 1 spiro atoms. The molecule has 4 rings (SSSR count). The number of nitrogens with one attached hydrogen (secondary N) is 4. The number of alkyl halides is 3. The smallest absolute Gasteiger partial charge is 0.335 e. The first-order chi connectivity index (χ1) is 13.6. The Labute approximate surface area is 165 Å². The monoisotopic (exact) mass is 425 g/mol. The molecule has 0 bridgehead atoms. The van der Waals surface area contributed by atoms with Crippen LogP contribution in [0.3, 0.4) is 0 Å². The van der Waals surface area contributed by atoms with Gasteiger partial charge >= 0.3 is 11.9 Å². The normalized spacial score (nSPS) is 20.5. The molecule has 1 amide bonds. The third-order valence-corrected chi connectivity index (χ3v) is 4.83. The Balaban J connectivity index is 1.88. The number of rotatable bonds is 3. The molecule has 0 radical (unpaired) electrons. The zero-order chi connectivity index (χ0) is 21.0. The number of amides is 1. The Kier molecular flexibility index (Phi) is 4.17. The molecule has 8 nitrogen and oxygen atoms in total. The average Bonchev–Trinajstić information content (AvgIpc) is 3.13. The van der Waals surface area contributed by atoms with E-state index in [1.165, 1.54) is 12.1 Å². The van der Waals surface area contributed by atoms with Crippen LogP contribution in [0.25, 0.3) is 0 Å². The van der Waals surface area contributed by atoms with Crippen molar-refractivity contribution in [2.45, 2.75) is 11.7 Å². The van der Waals surface area contributed by atoms with Crippen molar-refractivity contribution in [2.75, 3.05) is 10.6 Å². The molecule has 0 saturated carbocycles. The van der Waals surface area contributed by atoms with Crippen molar-refractivity contribution in [3.05, 3.63) is 80.2 Å². The lowest BCUT2D eigenvalue weighted by Gasteiger charge is -2.19. The largest absolute Gasteiger partial charge is 0.418 e. The molecule has 2 aliphatic rings. The third-order valence-electron chi connectivity index (χ3n) is 4.60. The summed E-state index contributed by atoms with van der Waals surface area (Å²) in [6.07, 6.45) is -4.75. The van der Waals surface area contributed by atoms with Gasteiger partial charge in [0.15, 0.2) is 5.82 Å². The number of carbonyl (C=O) groups is 1. The Bertz CT molecular complexity index is 1090. The summed E-state index contributed by atoms with van der Waals surface area (Å²) in [4.78, 5) is 23.8. The van der Waals surface area contributed by atoms with Crippen LogP contribution in [-0.2, 0) is 16.5 Å². The predicted octanol–water partition coefficient (Wildman–Crippen LogP) is 3.17. The lowest BCUT2D eigenvalue weighted by molar-refractivity contribution is -0.434. The Hall–Kier alpha value is -3.31. The maximum atomic E-state index is 13.3. The van der Waals surface area contributed by atoms with E-state index >= 15 is 0 Å². The lowest BCUT2D eigenvalue weighted by atomic mass is 9.88. The summed E-state index contributed by atoms with van der Waals surface area (Å²) >= 11 is 5.90. The molecule has 2 aliphatic heterocycles. The van der Waals surface area contributed by atoms with Gasteiger partial charge in [0.1, 0.15) is 0 Å². The van der Waals surface area contributed by atoms with Crippen molar-refractivity contribution >= 4 is 28.9 Å². The van der Waals surface area contributed by atoms with Gasteiger partial charge in [-0.3, -0.25) is 20.3 Å². The summed E-state index contributed by atoms with van der Waals surface area (Å²) in [6, 6.07) is 9.37. The fourth-order valence-corrected chi connectivity index (χ4v) is 3.61. The number of halogens is 4. The molecular formula is C17H11ClF3N5O3. The van der Waals surface area contributed by atoms with Crippen LogP contribution in [0.5, 0.6) is 0 Å². The van der Waals surface area contributed by atoms with Crippen molar-refractivity contribution in [3.63, 3.8) is 0 Å². The van der Waals surface area contributed by atoms with E-state index in [4.69, 9.17) is 11.6 Å². The number of hydrogen-bond donors (Lipinski definition) is 4. The second-order valence-electron chi connectivity index (χ2n) is 6.30.